The predicted molar refractivity (Wildman–Crippen MR) is 97.5 cm³/mol. The summed E-state index contributed by atoms with van der Waals surface area (Å²) in [6.45, 7) is 5.61. The molecule has 6 nitrogen and oxygen atoms in total. The number of esters is 1. The Bertz CT molecular complexity index is 621. The zero-order valence-corrected chi connectivity index (χ0v) is 15.6. The molecule has 0 aliphatic heterocycles. The third kappa shape index (κ3) is 7.70. The Morgan fingerprint density at radius 1 is 1.12 bits per heavy atom. The Labute approximate surface area is 154 Å². The van der Waals surface area contributed by atoms with Gasteiger partial charge in [0, 0.05) is 0 Å². The van der Waals surface area contributed by atoms with Gasteiger partial charge < -0.3 is 19.5 Å². The van der Waals surface area contributed by atoms with Gasteiger partial charge in [-0.05, 0) is 39.2 Å². The summed E-state index contributed by atoms with van der Waals surface area (Å²) >= 11 is 0. The minimum Gasteiger partial charge on any atom is -0.458 e. The molecule has 6 heteroatoms. The Morgan fingerprint density at radius 2 is 1.85 bits per heavy atom. The molecular formula is C20H27NO5. The minimum atomic E-state index is -0.516. The van der Waals surface area contributed by atoms with Gasteiger partial charge in [0.05, 0.1) is 12.1 Å². The van der Waals surface area contributed by atoms with Crippen LogP contribution in [0.25, 0.3) is 0 Å². The third-order valence-electron chi connectivity index (χ3n) is 3.67. The fourth-order valence-corrected chi connectivity index (χ4v) is 2.52. The van der Waals surface area contributed by atoms with Gasteiger partial charge >= 0.3 is 12.1 Å². The molecule has 0 radical (unpaired) electrons. The zero-order chi connectivity index (χ0) is 19.0. The zero-order valence-electron chi connectivity index (χ0n) is 15.6. The summed E-state index contributed by atoms with van der Waals surface area (Å²) in [5.41, 5.74) is 0.426. The third-order valence-corrected chi connectivity index (χ3v) is 3.67. The van der Waals surface area contributed by atoms with Crippen LogP contribution in [0, 0.1) is 0 Å². The number of hydrogen-bond acceptors (Lipinski definition) is 5. The lowest BCUT2D eigenvalue weighted by Crippen LogP contribution is -2.37. The topological polar surface area (TPSA) is 73.9 Å². The number of carbonyl (C=O) groups is 2. The largest absolute Gasteiger partial charge is 0.458 e. The molecule has 0 saturated carbocycles. The molecule has 1 aliphatic carbocycles. The summed E-state index contributed by atoms with van der Waals surface area (Å²) in [5, 5.41) is 2.81. The summed E-state index contributed by atoms with van der Waals surface area (Å²) < 4.78 is 16.0. The molecule has 1 aromatic carbocycles. The lowest BCUT2D eigenvalue weighted by Gasteiger charge is -2.24. The number of carbonyl (C=O) groups excluding carboxylic acids is 2. The first kappa shape index (κ1) is 20.0. The van der Waals surface area contributed by atoms with Gasteiger partial charge in [0.25, 0.3) is 0 Å². The Hall–Kier alpha value is -2.34. The molecule has 1 aliphatic rings. The van der Waals surface area contributed by atoms with Gasteiger partial charge in [-0.25, -0.2) is 9.59 Å². The number of amides is 1. The summed E-state index contributed by atoms with van der Waals surface area (Å²) in [6.07, 6.45) is 4.56. The molecule has 1 amide bonds. The normalized spacial score (nSPS) is 19.7. The summed E-state index contributed by atoms with van der Waals surface area (Å²) in [5.74, 6) is -0.379. The lowest BCUT2D eigenvalue weighted by molar-refractivity contribution is -0.161. The highest BCUT2D eigenvalue weighted by Crippen LogP contribution is 2.15. The molecule has 1 N–H and O–H groups in total. The average Bonchev–Trinajstić information content (AvgIpc) is 2.59. The molecule has 2 unspecified atom stereocenters. The van der Waals surface area contributed by atoms with Crippen LogP contribution >= 0.6 is 0 Å². The van der Waals surface area contributed by atoms with Crippen LogP contribution in [-0.2, 0) is 25.6 Å². The molecule has 0 heterocycles. The predicted octanol–water partition coefficient (Wildman–Crippen LogP) is 3.36. The van der Waals surface area contributed by atoms with Crippen molar-refractivity contribution < 1.29 is 23.8 Å². The van der Waals surface area contributed by atoms with Crippen molar-refractivity contribution in [3.8, 4) is 0 Å². The SMILES string of the molecule is CC(C)(C)OC(=O)COC1C=CC(NC(=O)OCc2ccccc2)CC1. The molecule has 142 valence electrons. The van der Waals surface area contributed by atoms with Crippen LogP contribution in [-0.4, -0.2) is 36.4 Å². The van der Waals surface area contributed by atoms with Crippen molar-refractivity contribution in [3.63, 3.8) is 0 Å². The number of hydrogen-bond donors (Lipinski definition) is 1. The number of alkyl carbamates (subject to hydrolysis) is 1. The maximum atomic E-state index is 11.9. The van der Waals surface area contributed by atoms with Gasteiger partial charge in [0.1, 0.15) is 18.8 Å². The average molecular weight is 361 g/mol. The van der Waals surface area contributed by atoms with Gasteiger partial charge in [-0.15, -0.1) is 0 Å². The van der Waals surface area contributed by atoms with Crippen molar-refractivity contribution in [3.05, 3.63) is 48.0 Å². The van der Waals surface area contributed by atoms with Crippen LogP contribution in [0.2, 0.25) is 0 Å². The molecule has 1 aromatic rings. The Kier molecular flexibility index (Phi) is 7.21. The van der Waals surface area contributed by atoms with Crippen LogP contribution in [0.4, 0.5) is 4.79 Å². The van der Waals surface area contributed by atoms with E-state index in [2.05, 4.69) is 5.32 Å². The highest BCUT2D eigenvalue weighted by atomic mass is 16.6. The van der Waals surface area contributed by atoms with E-state index in [0.29, 0.717) is 6.42 Å². The standard InChI is InChI=1S/C20H27NO5/c1-20(2,3)26-18(22)14-24-17-11-9-16(10-12-17)21-19(23)25-13-15-7-5-4-6-8-15/h4-9,11,16-17H,10,12-14H2,1-3H3,(H,21,23). The van der Waals surface area contributed by atoms with E-state index in [4.69, 9.17) is 14.2 Å². The van der Waals surface area contributed by atoms with Crippen LogP contribution in [0.1, 0.15) is 39.2 Å². The Morgan fingerprint density at radius 3 is 2.46 bits per heavy atom. The van der Waals surface area contributed by atoms with Gasteiger partial charge in [0.2, 0.25) is 0 Å². The molecule has 0 bridgehead atoms. The van der Waals surface area contributed by atoms with E-state index in [1.165, 1.54) is 0 Å². The molecular weight excluding hydrogens is 334 g/mol. The summed E-state index contributed by atoms with van der Waals surface area (Å²) in [4.78, 5) is 23.5. The van der Waals surface area contributed by atoms with Crippen LogP contribution in [0.5, 0.6) is 0 Å². The summed E-state index contributed by atoms with van der Waals surface area (Å²) in [6, 6.07) is 9.42. The van der Waals surface area contributed by atoms with E-state index in [-0.39, 0.29) is 31.3 Å². The van der Waals surface area contributed by atoms with Crippen molar-refractivity contribution in [1.82, 2.24) is 5.32 Å². The second-order valence-corrected chi connectivity index (χ2v) is 7.21. The van der Waals surface area contributed by atoms with Crippen LogP contribution < -0.4 is 5.32 Å². The number of nitrogens with one attached hydrogen (secondary N) is 1. The lowest BCUT2D eigenvalue weighted by atomic mass is 10.0. The van der Waals surface area contributed by atoms with E-state index in [1.807, 2.05) is 63.3 Å². The number of ether oxygens (including phenoxy) is 3. The molecule has 26 heavy (non-hydrogen) atoms. The number of benzene rings is 1. The highest BCUT2D eigenvalue weighted by Gasteiger charge is 2.21. The molecule has 2 rings (SSSR count). The second kappa shape index (κ2) is 9.38. The Balaban J connectivity index is 1.67. The van der Waals surface area contributed by atoms with Gasteiger partial charge in [-0.1, -0.05) is 42.5 Å². The first-order chi connectivity index (χ1) is 12.3. The quantitative estimate of drug-likeness (QED) is 0.621. The molecule has 0 saturated heterocycles. The second-order valence-electron chi connectivity index (χ2n) is 7.21. The fourth-order valence-electron chi connectivity index (χ4n) is 2.52. The first-order valence-electron chi connectivity index (χ1n) is 8.81. The van der Waals surface area contributed by atoms with E-state index in [1.54, 1.807) is 0 Å². The van der Waals surface area contributed by atoms with E-state index < -0.39 is 11.7 Å². The molecule has 0 fully saturated rings. The molecule has 0 aromatic heterocycles. The van der Waals surface area contributed by atoms with Crippen molar-refractivity contribution in [1.29, 1.82) is 0 Å². The van der Waals surface area contributed by atoms with E-state index in [9.17, 15) is 9.59 Å². The molecule has 2 atom stereocenters. The van der Waals surface area contributed by atoms with Gasteiger partial charge in [-0.2, -0.15) is 0 Å². The molecule has 0 spiro atoms. The van der Waals surface area contributed by atoms with Crippen LogP contribution in [0.3, 0.4) is 0 Å². The minimum absolute atomic E-state index is 0.0799. The van der Waals surface area contributed by atoms with E-state index in [0.717, 1.165) is 12.0 Å². The maximum absolute atomic E-state index is 11.9. The first-order valence-corrected chi connectivity index (χ1v) is 8.81. The van der Waals surface area contributed by atoms with Crippen molar-refractivity contribution in [2.45, 2.75) is 58.0 Å². The number of rotatable bonds is 6. The smallest absolute Gasteiger partial charge is 0.407 e. The monoisotopic (exact) mass is 361 g/mol. The van der Waals surface area contributed by atoms with Crippen molar-refractivity contribution >= 4 is 12.1 Å². The van der Waals surface area contributed by atoms with E-state index >= 15 is 0 Å². The van der Waals surface area contributed by atoms with Gasteiger partial charge in [-0.3, -0.25) is 0 Å². The van der Waals surface area contributed by atoms with Crippen molar-refractivity contribution in [2.75, 3.05) is 6.61 Å². The van der Waals surface area contributed by atoms with Crippen molar-refractivity contribution in [2.24, 2.45) is 0 Å². The van der Waals surface area contributed by atoms with Crippen LogP contribution in [0.15, 0.2) is 42.5 Å². The van der Waals surface area contributed by atoms with Gasteiger partial charge in [0.15, 0.2) is 0 Å². The maximum Gasteiger partial charge on any atom is 0.407 e. The fraction of sp³-hybridized carbons (Fsp3) is 0.500. The highest BCUT2D eigenvalue weighted by molar-refractivity contribution is 5.71. The summed E-state index contributed by atoms with van der Waals surface area (Å²) in [7, 11) is 0.